The molecule has 0 amide bonds. The standard InChI is InChI=1S/C32H29N2O/c1-21-11-16-26-28-19-22(20-33)18-27(25-14-12-24(13-15-25)23-8-4-3-5-9-23)31(28)35-32(26)30(21)29-10-6-7-17-34(29)2/h3-11,16-19,24-25H,12-15H2,1-2H3/q+1. The van der Waals surface area contributed by atoms with Crippen LogP contribution in [0.3, 0.4) is 0 Å². The molecule has 0 saturated heterocycles. The van der Waals surface area contributed by atoms with Gasteiger partial charge in [-0.1, -0.05) is 42.5 Å². The van der Waals surface area contributed by atoms with Gasteiger partial charge in [-0.05, 0) is 79.3 Å². The third-order valence-corrected chi connectivity index (χ3v) is 7.86. The Hall–Kier alpha value is -3.90. The van der Waals surface area contributed by atoms with Gasteiger partial charge in [0.2, 0.25) is 5.69 Å². The quantitative estimate of drug-likeness (QED) is 0.260. The van der Waals surface area contributed by atoms with Crippen LogP contribution in [-0.2, 0) is 7.05 Å². The molecule has 0 atom stereocenters. The fourth-order valence-electron chi connectivity index (χ4n) is 6.00. The Morgan fingerprint density at radius 2 is 1.57 bits per heavy atom. The van der Waals surface area contributed by atoms with Crippen LogP contribution in [0.1, 0.15) is 59.8 Å². The maximum absolute atomic E-state index is 9.85. The van der Waals surface area contributed by atoms with Crippen LogP contribution >= 0.6 is 0 Å². The second-order valence-electron chi connectivity index (χ2n) is 9.95. The lowest BCUT2D eigenvalue weighted by Crippen LogP contribution is -2.30. The van der Waals surface area contributed by atoms with Crippen molar-refractivity contribution in [3.8, 4) is 17.3 Å². The minimum absolute atomic E-state index is 0.406. The van der Waals surface area contributed by atoms with E-state index in [9.17, 15) is 5.26 Å². The van der Waals surface area contributed by atoms with E-state index >= 15 is 0 Å². The number of benzene rings is 3. The van der Waals surface area contributed by atoms with Gasteiger partial charge in [-0.3, -0.25) is 0 Å². The fraction of sp³-hybridized carbons (Fsp3) is 0.250. The Balaban J connectivity index is 1.48. The van der Waals surface area contributed by atoms with Gasteiger partial charge in [-0.15, -0.1) is 0 Å². The zero-order valence-corrected chi connectivity index (χ0v) is 20.3. The van der Waals surface area contributed by atoms with Crippen LogP contribution in [0, 0.1) is 18.3 Å². The minimum Gasteiger partial charge on any atom is -0.455 e. The molecule has 1 aliphatic carbocycles. The summed E-state index contributed by atoms with van der Waals surface area (Å²) in [5, 5.41) is 12.0. The molecule has 0 unspecified atom stereocenters. The second-order valence-corrected chi connectivity index (χ2v) is 9.95. The highest BCUT2D eigenvalue weighted by Crippen LogP contribution is 2.45. The van der Waals surface area contributed by atoms with Gasteiger partial charge in [0.1, 0.15) is 18.2 Å². The number of pyridine rings is 1. The monoisotopic (exact) mass is 457 g/mol. The molecule has 0 radical (unpaired) electrons. The number of nitriles is 1. The Morgan fingerprint density at radius 1 is 0.829 bits per heavy atom. The van der Waals surface area contributed by atoms with Crippen LogP contribution in [0.2, 0.25) is 0 Å². The number of aryl methyl sites for hydroxylation is 2. The van der Waals surface area contributed by atoms with E-state index in [1.165, 1.54) is 16.7 Å². The average molecular weight is 458 g/mol. The van der Waals surface area contributed by atoms with Gasteiger partial charge in [0.15, 0.2) is 6.20 Å². The molecule has 2 heterocycles. The molecule has 3 heteroatoms. The predicted octanol–water partition coefficient (Wildman–Crippen LogP) is 7.70. The predicted molar refractivity (Wildman–Crippen MR) is 140 cm³/mol. The molecule has 3 nitrogen and oxygen atoms in total. The number of fused-ring (bicyclic) bond motifs is 3. The topological polar surface area (TPSA) is 40.8 Å². The summed E-state index contributed by atoms with van der Waals surface area (Å²) in [5.74, 6) is 1.02. The van der Waals surface area contributed by atoms with Crippen molar-refractivity contribution in [2.24, 2.45) is 7.05 Å². The van der Waals surface area contributed by atoms with Gasteiger partial charge in [0, 0.05) is 22.9 Å². The molecular weight excluding hydrogens is 428 g/mol. The summed E-state index contributed by atoms with van der Waals surface area (Å²) >= 11 is 0. The third kappa shape index (κ3) is 3.70. The number of nitrogens with zero attached hydrogens (tertiary/aromatic N) is 2. The lowest BCUT2D eigenvalue weighted by Gasteiger charge is -2.29. The number of rotatable bonds is 3. The lowest BCUT2D eigenvalue weighted by atomic mass is 9.75. The highest BCUT2D eigenvalue weighted by atomic mass is 16.3. The second kappa shape index (κ2) is 8.71. The van der Waals surface area contributed by atoms with Gasteiger partial charge < -0.3 is 4.42 Å². The fourth-order valence-corrected chi connectivity index (χ4v) is 6.00. The van der Waals surface area contributed by atoms with Crippen molar-refractivity contribution in [3.05, 3.63) is 101 Å². The highest BCUT2D eigenvalue weighted by Gasteiger charge is 2.28. The zero-order valence-electron chi connectivity index (χ0n) is 20.3. The van der Waals surface area contributed by atoms with Crippen LogP contribution in [0.25, 0.3) is 33.2 Å². The molecule has 5 aromatic rings. The lowest BCUT2D eigenvalue weighted by molar-refractivity contribution is -0.660. The smallest absolute Gasteiger partial charge is 0.216 e. The summed E-state index contributed by atoms with van der Waals surface area (Å²) in [6.07, 6.45) is 6.62. The van der Waals surface area contributed by atoms with Crippen molar-refractivity contribution in [1.29, 1.82) is 5.26 Å². The summed E-state index contributed by atoms with van der Waals surface area (Å²) in [7, 11) is 2.07. The largest absolute Gasteiger partial charge is 0.455 e. The number of hydrogen-bond acceptors (Lipinski definition) is 2. The molecule has 1 saturated carbocycles. The summed E-state index contributed by atoms with van der Waals surface area (Å²) in [6.45, 7) is 2.14. The molecule has 2 aromatic heterocycles. The van der Waals surface area contributed by atoms with E-state index in [2.05, 4.69) is 91.5 Å². The van der Waals surface area contributed by atoms with Crippen molar-refractivity contribution in [3.63, 3.8) is 0 Å². The maximum Gasteiger partial charge on any atom is 0.216 e. The SMILES string of the molecule is Cc1ccc2c(oc3c(C4CCC(c5ccccc5)CC4)cc(C#N)cc32)c1-c1cccc[n+]1C. The molecule has 35 heavy (non-hydrogen) atoms. The summed E-state index contributed by atoms with van der Waals surface area (Å²) in [6, 6.07) is 27.9. The van der Waals surface area contributed by atoms with Gasteiger partial charge in [-0.2, -0.15) is 5.26 Å². The van der Waals surface area contributed by atoms with E-state index in [1.807, 2.05) is 12.1 Å². The van der Waals surface area contributed by atoms with E-state index in [4.69, 9.17) is 4.42 Å². The Labute approximate surface area is 206 Å². The molecule has 3 aromatic carbocycles. The van der Waals surface area contributed by atoms with Crippen LogP contribution in [0.5, 0.6) is 0 Å². The number of furan rings is 1. The van der Waals surface area contributed by atoms with Crippen LogP contribution in [0.15, 0.2) is 83.4 Å². The zero-order chi connectivity index (χ0) is 23.9. The summed E-state index contributed by atoms with van der Waals surface area (Å²) in [4.78, 5) is 0. The van der Waals surface area contributed by atoms with Crippen molar-refractivity contribution >= 4 is 21.9 Å². The van der Waals surface area contributed by atoms with Crippen molar-refractivity contribution < 1.29 is 8.98 Å². The van der Waals surface area contributed by atoms with E-state index in [0.29, 0.717) is 17.4 Å². The first kappa shape index (κ1) is 21.6. The van der Waals surface area contributed by atoms with E-state index < -0.39 is 0 Å². The third-order valence-electron chi connectivity index (χ3n) is 7.86. The number of aromatic nitrogens is 1. The normalized spacial score (nSPS) is 18.1. The summed E-state index contributed by atoms with van der Waals surface area (Å²) in [5.41, 5.74) is 8.66. The first-order chi connectivity index (χ1) is 17.1. The van der Waals surface area contributed by atoms with Gasteiger partial charge >= 0.3 is 0 Å². The van der Waals surface area contributed by atoms with Gasteiger partial charge in [0.25, 0.3) is 0 Å². The molecule has 1 fully saturated rings. The van der Waals surface area contributed by atoms with Crippen molar-refractivity contribution in [1.82, 2.24) is 0 Å². The molecule has 172 valence electrons. The first-order valence-electron chi connectivity index (χ1n) is 12.5. The molecular formula is C32H29N2O+. The number of hydrogen-bond donors (Lipinski definition) is 0. The first-order valence-corrected chi connectivity index (χ1v) is 12.5. The Morgan fingerprint density at radius 3 is 2.31 bits per heavy atom. The molecule has 0 spiro atoms. The van der Waals surface area contributed by atoms with Crippen LogP contribution < -0.4 is 4.57 Å². The Kier molecular flexibility index (Phi) is 5.38. The highest BCUT2D eigenvalue weighted by molar-refractivity contribution is 6.11. The van der Waals surface area contributed by atoms with Gasteiger partial charge in [0.05, 0.1) is 17.2 Å². The van der Waals surface area contributed by atoms with Gasteiger partial charge in [-0.25, -0.2) is 4.57 Å². The average Bonchev–Trinajstić information content (AvgIpc) is 3.28. The van der Waals surface area contributed by atoms with Crippen LogP contribution in [0.4, 0.5) is 0 Å². The summed E-state index contributed by atoms with van der Waals surface area (Å²) < 4.78 is 8.89. The molecule has 0 N–H and O–H groups in total. The van der Waals surface area contributed by atoms with E-state index in [-0.39, 0.29) is 0 Å². The van der Waals surface area contributed by atoms with E-state index in [1.54, 1.807) is 0 Å². The molecule has 6 rings (SSSR count). The molecule has 1 aliphatic rings. The Bertz CT molecular complexity index is 1580. The van der Waals surface area contributed by atoms with E-state index in [0.717, 1.165) is 58.9 Å². The van der Waals surface area contributed by atoms with Crippen molar-refractivity contribution in [2.75, 3.05) is 0 Å². The molecule has 0 aliphatic heterocycles. The molecule has 0 bridgehead atoms. The van der Waals surface area contributed by atoms with Crippen molar-refractivity contribution in [2.45, 2.75) is 44.4 Å². The van der Waals surface area contributed by atoms with Crippen LogP contribution in [-0.4, -0.2) is 0 Å². The maximum atomic E-state index is 9.85. The minimum atomic E-state index is 0.406.